The van der Waals surface area contributed by atoms with Gasteiger partial charge < -0.3 is 5.32 Å². The molecule has 2 heterocycles. The molecule has 1 saturated heterocycles. The number of carbonyl (C=O) groups excluding carboxylic acids is 3. The maximum Gasteiger partial charge on any atom is 0.263 e. The Labute approximate surface area is 178 Å². The molecule has 0 saturated carbocycles. The Hall–Kier alpha value is -3.26. The Morgan fingerprint density at radius 1 is 1.13 bits per heavy atom. The number of imide groups is 1. The van der Waals surface area contributed by atoms with E-state index >= 15 is 0 Å². The Kier molecular flexibility index (Phi) is 5.26. The fraction of sp³-hybridized carbons (Fsp3) is 0.286. The zero-order chi connectivity index (χ0) is 21.4. The van der Waals surface area contributed by atoms with Gasteiger partial charge in [0, 0.05) is 10.7 Å². The highest BCUT2D eigenvalue weighted by Crippen LogP contribution is 2.33. The second-order valence-electron chi connectivity index (χ2n) is 7.24. The lowest BCUT2D eigenvalue weighted by molar-refractivity contribution is -0.123. The summed E-state index contributed by atoms with van der Waals surface area (Å²) in [6, 6.07) is 10.6. The standard InChI is InChI=1S/C21H20ClN5O3/c1-3-13-5-7-14(8-6-13)23-17(28)11-26-19-18(24-25-26)20(29)27(21(19)30)15-9-4-12(2)16(22)10-15/h4-10,18-19H,3,11H2,1-2H3,(H,23,28)/t18-,19-/m1/s1. The molecule has 1 N–H and O–H groups in total. The van der Waals surface area contributed by atoms with Gasteiger partial charge in [-0.05, 0) is 48.7 Å². The van der Waals surface area contributed by atoms with Crippen LogP contribution in [-0.4, -0.2) is 41.4 Å². The third kappa shape index (κ3) is 3.54. The van der Waals surface area contributed by atoms with Crippen molar-refractivity contribution in [3.63, 3.8) is 0 Å². The fourth-order valence-electron chi connectivity index (χ4n) is 3.50. The molecule has 2 aromatic carbocycles. The Bertz CT molecular complexity index is 1050. The molecular formula is C21H20ClN5O3. The second-order valence-corrected chi connectivity index (χ2v) is 7.64. The number of carbonyl (C=O) groups is 3. The molecule has 9 heteroatoms. The molecule has 3 amide bonds. The zero-order valence-corrected chi connectivity index (χ0v) is 17.3. The van der Waals surface area contributed by atoms with Crippen molar-refractivity contribution in [1.29, 1.82) is 0 Å². The second kappa shape index (κ2) is 7.87. The molecule has 2 aromatic rings. The summed E-state index contributed by atoms with van der Waals surface area (Å²) in [5.74, 6) is -1.31. The molecule has 8 nitrogen and oxygen atoms in total. The van der Waals surface area contributed by atoms with E-state index in [0.717, 1.165) is 22.4 Å². The number of hydrogen-bond donors (Lipinski definition) is 1. The van der Waals surface area contributed by atoms with Gasteiger partial charge in [-0.25, -0.2) is 4.90 Å². The molecule has 2 atom stereocenters. The number of aryl methyl sites for hydroxylation is 2. The van der Waals surface area contributed by atoms with Crippen molar-refractivity contribution in [3.8, 4) is 0 Å². The number of fused-ring (bicyclic) bond motifs is 1. The van der Waals surface area contributed by atoms with Gasteiger partial charge in [-0.2, -0.15) is 5.11 Å². The Balaban J connectivity index is 1.47. The van der Waals surface area contributed by atoms with Crippen LogP contribution >= 0.6 is 11.6 Å². The lowest BCUT2D eigenvalue weighted by Gasteiger charge is -2.20. The van der Waals surface area contributed by atoms with Crippen molar-refractivity contribution in [2.24, 2.45) is 10.3 Å². The van der Waals surface area contributed by atoms with Crippen LogP contribution in [0.5, 0.6) is 0 Å². The van der Waals surface area contributed by atoms with Crippen molar-refractivity contribution < 1.29 is 14.4 Å². The minimum Gasteiger partial charge on any atom is -0.324 e. The third-order valence-electron chi connectivity index (χ3n) is 5.22. The summed E-state index contributed by atoms with van der Waals surface area (Å²) in [6.45, 7) is 3.69. The van der Waals surface area contributed by atoms with E-state index in [0.29, 0.717) is 16.4 Å². The van der Waals surface area contributed by atoms with Gasteiger partial charge in [0.2, 0.25) is 5.91 Å². The quantitative estimate of drug-likeness (QED) is 0.744. The van der Waals surface area contributed by atoms with Crippen LogP contribution in [0.4, 0.5) is 11.4 Å². The van der Waals surface area contributed by atoms with Gasteiger partial charge in [0.05, 0.1) is 5.69 Å². The van der Waals surface area contributed by atoms with Crippen molar-refractivity contribution in [1.82, 2.24) is 5.01 Å². The summed E-state index contributed by atoms with van der Waals surface area (Å²) in [6.07, 6.45) is 0.907. The van der Waals surface area contributed by atoms with Gasteiger partial charge in [0.1, 0.15) is 6.54 Å². The SMILES string of the molecule is CCc1ccc(NC(=O)CN2N=N[C@H]3C(=O)N(c4ccc(C)c(Cl)c4)C(=O)[C@@H]32)cc1. The van der Waals surface area contributed by atoms with E-state index < -0.39 is 23.9 Å². The molecular weight excluding hydrogens is 406 g/mol. The first-order valence-electron chi connectivity index (χ1n) is 9.59. The highest BCUT2D eigenvalue weighted by molar-refractivity contribution is 6.32. The van der Waals surface area contributed by atoms with Crippen LogP contribution in [0.1, 0.15) is 18.1 Å². The monoisotopic (exact) mass is 425 g/mol. The maximum absolute atomic E-state index is 13.0. The summed E-state index contributed by atoms with van der Waals surface area (Å²) >= 11 is 6.15. The number of benzene rings is 2. The minimum atomic E-state index is -0.964. The van der Waals surface area contributed by atoms with Gasteiger partial charge in [0.25, 0.3) is 11.8 Å². The summed E-state index contributed by atoms with van der Waals surface area (Å²) in [5.41, 5.74) is 3.03. The first-order valence-corrected chi connectivity index (χ1v) is 9.97. The number of nitrogens with one attached hydrogen (secondary N) is 1. The molecule has 0 aromatic heterocycles. The van der Waals surface area contributed by atoms with Crippen molar-refractivity contribution in [2.45, 2.75) is 32.4 Å². The molecule has 0 aliphatic carbocycles. The summed E-state index contributed by atoms with van der Waals surface area (Å²) in [7, 11) is 0. The van der Waals surface area contributed by atoms with E-state index in [1.165, 1.54) is 5.01 Å². The van der Waals surface area contributed by atoms with E-state index in [4.69, 9.17) is 11.6 Å². The van der Waals surface area contributed by atoms with E-state index in [1.807, 2.05) is 31.2 Å². The first-order chi connectivity index (χ1) is 14.4. The van der Waals surface area contributed by atoms with Crippen LogP contribution in [0.15, 0.2) is 52.8 Å². The van der Waals surface area contributed by atoms with Gasteiger partial charge in [-0.15, -0.1) is 0 Å². The molecule has 154 valence electrons. The van der Waals surface area contributed by atoms with Gasteiger partial charge >= 0.3 is 0 Å². The number of rotatable bonds is 5. The smallest absolute Gasteiger partial charge is 0.263 e. The average molecular weight is 426 g/mol. The predicted octanol–water partition coefficient (Wildman–Crippen LogP) is 3.14. The van der Waals surface area contributed by atoms with Crippen LogP contribution in [-0.2, 0) is 20.8 Å². The molecule has 30 heavy (non-hydrogen) atoms. The molecule has 1 fully saturated rings. The average Bonchev–Trinajstić information content (AvgIpc) is 3.24. The number of hydrogen-bond acceptors (Lipinski definition) is 6. The molecule has 0 radical (unpaired) electrons. The van der Waals surface area contributed by atoms with Crippen LogP contribution in [0.2, 0.25) is 5.02 Å². The van der Waals surface area contributed by atoms with Gasteiger partial charge in [-0.1, -0.05) is 41.9 Å². The van der Waals surface area contributed by atoms with Crippen LogP contribution in [0, 0.1) is 6.92 Å². The van der Waals surface area contributed by atoms with E-state index in [2.05, 4.69) is 22.6 Å². The fourth-order valence-corrected chi connectivity index (χ4v) is 3.68. The Morgan fingerprint density at radius 2 is 1.87 bits per heavy atom. The zero-order valence-electron chi connectivity index (χ0n) is 16.5. The molecule has 4 rings (SSSR count). The van der Waals surface area contributed by atoms with Gasteiger partial charge in [-0.3, -0.25) is 19.4 Å². The van der Waals surface area contributed by atoms with Crippen molar-refractivity contribution in [3.05, 3.63) is 58.6 Å². The van der Waals surface area contributed by atoms with Crippen molar-refractivity contribution >= 4 is 40.7 Å². The topological polar surface area (TPSA) is 94.4 Å². The normalized spacial score (nSPS) is 20.1. The molecule has 0 bridgehead atoms. The summed E-state index contributed by atoms with van der Waals surface area (Å²) in [5, 5.41) is 12.3. The highest BCUT2D eigenvalue weighted by Gasteiger charge is 2.55. The number of halogens is 1. The van der Waals surface area contributed by atoms with Crippen molar-refractivity contribution in [2.75, 3.05) is 16.8 Å². The highest BCUT2D eigenvalue weighted by atomic mass is 35.5. The maximum atomic E-state index is 13.0. The molecule has 2 aliphatic heterocycles. The van der Waals surface area contributed by atoms with Crippen LogP contribution in [0.3, 0.4) is 0 Å². The number of nitrogens with zero attached hydrogens (tertiary/aromatic N) is 4. The minimum absolute atomic E-state index is 0.193. The number of amides is 3. The van der Waals surface area contributed by atoms with Crippen LogP contribution < -0.4 is 10.2 Å². The summed E-state index contributed by atoms with van der Waals surface area (Å²) < 4.78 is 0. The predicted molar refractivity (Wildman–Crippen MR) is 112 cm³/mol. The third-order valence-corrected chi connectivity index (χ3v) is 5.63. The van der Waals surface area contributed by atoms with E-state index in [9.17, 15) is 14.4 Å². The van der Waals surface area contributed by atoms with Crippen LogP contribution in [0.25, 0.3) is 0 Å². The summed E-state index contributed by atoms with van der Waals surface area (Å²) in [4.78, 5) is 39.3. The lowest BCUT2D eigenvalue weighted by Crippen LogP contribution is -2.43. The molecule has 2 aliphatic rings. The van der Waals surface area contributed by atoms with E-state index in [1.54, 1.807) is 18.2 Å². The lowest BCUT2D eigenvalue weighted by atomic mass is 10.1. The van der Waals surface area contributed by atoms with Gasteiger partial charge in [0.15, 0.2) is 12.1 Å². The molecule has 0 spiro atoms. The molecule has 0 unspecified atom stereocenters. The number of anilines is 2. The first kappa shape index (κ1) is 20.0. The largest absolute Gasteiger partial charge is 0.324 e. The van der Waals surface area contributed by atoms with E-state index in [-0.39, 0.29) is 12.5 Å². The Morgan fingerprint density at radius 3 is 2.53 bits per heavy atom.